The van der Waals surface area contributed by atoms with Crippen LogP contribution in [0.1, 0.15) is 55.4 Å². The molecule has 0 rings (SSSR count). The zero-order valence-electron chi connectivity index (χ0n) is 16.2. The molecule has 6 nitrogen and oxygen atoms in total. The van der Waals surface area contributed by atoms with E-state index in [0.717, 1.165) is 0 Å². The van der Waals surface area contributed by atoms with E-state index in [4.69, 9.17) is 17.7 Å². The first-order valence-corrected chi connectivity index (χ1v) is 12.8. The van der Waals surface area contributed by atoms with Crippen LogP contribution in [0.15, 0.2) is 0 Å². The predicted molar refractivity (Wildman–Crippen MR) is 93.3 cm³/mol. The lowest BCUT2D eigenvalue weighted by atomic mass is 10.2. The van der Waals surface area contributed by atoms with Crippen LogP contribution < -0.4 is 0 Å². The van der Waals surface area contributed by atoms with Crippen LogP contribution in [-0.4, -0.2) is 40.3 Å². The Bertz CT molecular complexity index is 404. The molecule has 0 heterocycles. The third kappa shape index (κ3) is 10.6. The summed E-state index contributed by atoms with van der Waals surface area (Å²) in [5.74, 6) is -0.938. The van der Waals surface area contributed by atoms with Crippen LogP contribution in [-0.2, 0) is 27.3 Å². The highest BCUT2D eigenvalue weighted by molar-refractivity contribution is 6.86. The summed E-state index contributed by atoms with van der Waals surface area (Å²) in [6, 6.07) is 0. The molecule has 0 radical (unpaired) electrons. The van der Waals surface area contributed by atoms with Crippen LogP contribution in [0, 0.1) is 0 Å². The van der Waals surface area contributed by atoms with Crippen molar-refractivity contribution >= 4 is 29.1 Å². The average molecular weight is 365 g/mol. The first kappa shape index (κ1) is 22.3. The molecular weight excluding hydrogens is 332 g/mol. The van der Waals surface area contributed by atoms with Gasteiger partial charge in [0.05, 0.1) is 16.9 Å². The molecule has 0 amide bonds. The van der Waals surface area contributed by atoms with Crippen molar-refractivity contribution in [3.63, 3.8) is 0 Å². The second-order valence-corrected chi connectivity index (χ2v) is 14.8. The Labute approximate surface area is 142 Å². The van der Waals surface area contributed by atoms with Crippen molar-refractivity contribution in [3.05, 3.63) is 0 Å². The van der Waals surface area contributed by atoms with Crippen LogP contribution in [0.2, 0.25) is 18.8 Å². The minimum atomic E-state index is -3.10. The number of hydrogen-bond donors (Lipinski definition) is 0. The Kier molecular flexibility index (Phi) is 7.23. The summed E-state index contributed by atoms with van der Waals surface area (Å²) in [4.78, 5) is 22.9. The van der Waals surface area contributed by atoms with Crippen molar-refractivity contribution in [1.29, 1.82) is 0 Å². The lowest BCUT2D eigenvalue weighted by Gasteiger charge is -2.41. The van der Waals surface area contributed by atoms with Gasteiger partial charge in [0.1, 0.15) is 0 Å². The molecule has 0 atom stereocenters. The summed E-state index contributed by atoms with van der Waals surface area (Å²) in [5.41, 5.74) is -0.532. The molecule has 0 bridgehead atoms. The topological polar surface area (TPSA) is 71.1 Å². The highest BCUT2D eigenvalue weighted by Gasteiger charge is 2.52. The normalized spacial score (nSPS) is 13.7. The van der Waals surface area contributed by atoms with Gasteiger partial charge in [0.25, 0.3) is 11.9 Å². The minimum absolute atomic E-state index is 0.313. The SMILES string of the molecule is CC(=O)O[Si](C)(C[Si](C)(OC(C)(C)C)OC(C)(C)C)OC(C)=O. The summed E-state index contributed by atoms with van der Waals surface area (Å²) in [6.45, 7) is 17.9. The summed E-state index contributed by atoms with van der Waals surface area (Å²) in [7, 11) is -5.88. The van der Waals surface area contributed by atoms with Crippen molar-refractivity contribution in [2.45, 2.75) is 85.4 Å². The number of carbonyl (C=O) groups is 2. The van der Waals surface area contributed by atoms with E-state index < -0.39 is 40.3 Å². The molecule has 0 aromatic heterocycles. The standard InChI is InChI=1S/C15H32O6Si2/c1-12(16)18-22(9,19-13(2)17)11-23(10,20-14(3,4)5)21-15(6,7)8/h11H2,1-10H3. The summed E-state index contributed by atoms with van der Waals surface area (Å²) in [6.07, 6.45) is 0. The second-order valence-electron chi connectivity index (χ2n) is 8.06. The van der Waals surface area contributed by atoms with E-state index in [0.29, 0.717) is 5.67 Å². The van der Waals surface area contributed by atoms with Gasteiger partial charge in [-0.3, -0.25) is 9.59 Å². The molecule has 136 valence electrons. The lowest BCUT2D eigenvalue weighted by molar-refractivity contribution is -0.138. The first-order valence-electron chi connectivity index (χ1n) is 7.75. The van der Waals surface area contributed by atoms with Gasteiger partial charge >= 0.3 is 17.1 Å². The van der Waals surface area contributed by atoms with Crippen molar-refractivity contribution in [2.75, 3.05) is 0 Å². The molecule has 0 unspecified atom stereocenters. The highest BCUT2D eigenvalue weighted by Crippen LogP contribution is 2.31. The van der Waals surface area contributed by atoms with E-state index in [2.05, 4.69) is 0 Å². The monoisotopic (exact) mass is 364 g/mol. The molecule has 0 saturated carbocycles. The molecule has 0 aliphatic carbocycles. The van der Waals surface area contributed by atoms with Gasteiger partial charge in [0.15, 0.2) is 0 Å². The Morgan fingerprint density at radius 3 is 1.26 bits per heavy atom. The fourth-order valence-corrected chi connectivity index (χ4v) is 12.4. The van der Waals surface area contributed by atoms with Gasteiger partial charge in [-0.2, -0.15) is 0 Å². The Balaban J connectivity index is 5.58. The fourth-order valence-electron chi connectivity index (χ4n) is 2.67. The molecule has 8 heteroatoms. The van der Waals surface area contributed by atoms with Crippen molar-refractivity contribution in [3.8, 4) is 0 Å². The second kappa shape index (κ2) is 7.46. The maximum atomic E-state index is 11.5. The Morgan fingerprint density at radius 1 is 0.739 bits per heavy atom. The van der Waals surface area contributed by atoms with Gasteiger partial charge < -0.3 is 17.7 Å². The van der Waals surface area contributed by atoms with Crippen LogP contribution in [0.25, 0.3) is 0 Å². The van der Waals surface area contributed by atoms with Gasteiger partial charge in [-0.05, 0) is 48.1 Å². The zero-order chi connectivity index (χ0) is 18.7. The van der Waals surface area contributed by atoms with Crippen molar-refractivity contribution < 1.29 is 27.3 Å². The van der Waals surface area contributed by atoms with Gasteiger partial charge in [0.2, 0.25) is 0 Å². The molecule has 0 aromatic rings. The molecule has 0 fully saturated rings. The van der Waals surface area contributed by atoms with E-state index in [1.807, 2.05) is 48.1 Å². The predicted octanol–water partition coefficient (Wildman–Crippen LogP) is 3.43. The molecule has 0 aromatic carbocycles. The van der Waals surface area contributed by atoms with Gasteiger partial charge in [-0.1, -0.05) is 0 Å². The van der Waals surface area contributed by atoms with E-state index in [1.54, 1.807) is 6.55 Å². The van der Waals surface area contributed by atoms with Crippen LogP contribution in [0.5, 0.6) is 0 Å². The fraction of sp³-hybridized carbons (Fsp3) is 0.867. The largest absolute Gasteiger partial charge is 0.485 e. The minimum Gasteiger partial charge on any atom is -0.485 e. The molecule has 0 saturated heterocycles. The summed E-state index contributed by atoms with van der Waals surface area (Å²) < 4.78 is 23.3. The first-order chi connectivity index (χ1) is 9.95. The van der Waals surface area contributed by atoms with Crippen molar-refractivity contribution in [1.82, 2.24) is 0 Å². The van der Waals surface area contributed by atoms with E-state index >= 15 is 0 Å². The molecule has 0 aliphatic rings. The van der Waals surface area contributed by atoms with E-state index in [-0.39, 0.29) is 0 Å². The number of rotatable bonds is 6. The highest BCUT2D eigenvalue weighted by atomic mass is 28.4. The number of carbonyl (C=O) groups excluding carboxylic acids is 2. The molecule has 0 N–H and O–H groups in total. The zero-order valence-corrected chi connectivity index (χ0v) is 18.2. The quantitative estimate of drug-likeness (QED) is 0.673. The lowest BCUT2D eigenvalue weighted by Crippen LogP contribution is -2.57. The third-order valence-electron chi connectivity index (χ3n) is 2.41. The smallest absolute Gasteiger partial charge is 0.462 e. The van der Waals surface area contributed by atoms with Gasteiger partial charge in [-0.25, -0.2) is 0 Å². The maximum Gasteiger partial charge on any atom is 0.462 e. The van der Waals surface area contributed by atoms with E-state index in [9.17, 15) is 9.59 Å². The number of hydrogen-bond acceptors (Lipinski definition) is 6. The Morgan fingerprint density at radius 2 is 1.04 bits per heavy atom. The summed E-state index contributed by atoms with van der Waals surface area (Å²) >= 11 is 0. The molecular formula is C15H32O6Si2. The summed E-state index contributed by atoms with van der Waals surface area (Å²) in [5, 5.41) is 0. The third-order valence-corrected chi connectivity index (χ3v) is 11.1. The Hall–Kier alpha value is -0.706. The van der Waals surface area contributed by atoms with Crippen LogP contribution in [0.4, 0.5) is 0 Å². The van der Waals surface area contributed by atoms with Crippen molar-refractivity contribution in [2.24, 2.45) is 0 Å². The van der Waals surface area contributed by atoms with Crippen LogP contribution in [0.3, 0.4) is 0 Å². The van der Waals surface area contributed by atoms with Gasteiger partial charge in [0, 0.05) is 20.4 Å². The van der Waals surface area contributed by atoms with Crippen LogP contribution >= 0.6 is 0 Å². The molecule has 0 spiro atoms. The molecule has 0 aliphatic heterocycles. The molecule has 23 heavy (non-hydrogen) atoms. The van der Waals surface area contributed by atoms with Gasteiger partial charge in [-0.15, -0.1) is 0 Å². The maximum absolute atomic E-state index is 11.5. The van der Waals surface area contributed by atoms with E-state index in [1.165, 1.54) is 13.8 Å². The average Bonchev–Trinajstić information content (AvgIpc) is 2.02.